The van der Waals surface area contributed by atoms with Crippen molar-refractivity contribution in [3.05, 3.63) is 89.5 Å². The Bertz CT molecular complexity index is 1300. The molecule has 0 atom stereocenters. The number of fused-ring (bicyclic) bond motifs is 3. The van der Waals surface area contributed by atoms with Gasteiger partial charge in [-0.3, -0.25) is 0 Å². The number of anilines is 1. The Hall–Kier alpha value is -3.73. The van der Waals surface area contributed by atoms with Crippen LogP contribution in [0.2, 0.25) is 0 Å². The molecule has 3 aromatic carbocycles. The van der Waals surface area contributed by atoms with Gasteiger partial charge < -0.3 is 5.32 Å². The van der Waals surface area contributed by atoms with Crippen molar-refractivity contribution in [2.24, 2.45) is 0 Å². The third-order valence-electron chi connectivity index (χ3n) is 5.16. The van der Waals surface area contributed by atoms with Crippen molar-refractivity contribution < 1.29 is 0 Å². The Kier molecular flexibility index (Phi) is 4.21. The molecule has 1 N–H and O–H groups in total. The molecule has 0 spiro atoms. The van der Waals surface area contributed by atoms with Crippen molar-refractivity contribution in [1.29, 1.82) is 0 Å². The van der Waals surface area contributed by atoms with Crippen molar-refractivity contribution >= 4 is 22.4 Å². The Morgan fingerprint density at radius 3 is 2.28 bits per heavy atom. The van der Waals surface area contributed by atoms with E-state index in [1.807, 2.05) is 16.6 Å². The maximum Gasteiger partial charge on any atom is 0.186 e. The SMILES string of the molecule is Cc1ccc(CNc2nc3c(-c4ccc(C)cc4)nnn3c3ccccc23)cc1. The van der Waals surface area contributed by atoms with Gasteiger partial charge in [-0.25, -0.2) is 4.98 Å². The highest BCUT2D eigenvalue weighted by Crippen LogP contribution is 2.28. The topological polar surface area (TPSA) is 55.1 Å². The second-order valence-electron chi connectivity index (χ2n) is 7.36. The first-order chi connectivity index (χ1) is 14.2. The van der Waals surface area contributed by atoms with Gasteiger partial charge in [0.15, 0.2) is 5.65 Å². The lowest BCUT2D eigenvalue weighted by atomic mass is 10.1. The van der Waals surface area contributed by atoms with Gasteiger partial charge in [0.1, 0.15) is 11.5 Å². The summed E-state index contributed by atoms with van der Waals surface area (Å²) in [6, 6.07) is 25.0. The van der Waals surface area contributed by atoms with Gasteiger partial charge in [0, 0.05) is 17.5 Å². The number of para-hydroxylation sites is 1. The van der Waals surface area contributed by atoms with Gasteiger partial charge in [-0.2, -0.15) is 4.52 Å². The standard InChI is InChI=1S/C24H21N5/c1-16-7-11-18(12-8-16)15-25-23-20-5-3-4-6-21(20)29-24(26-23)22(27-28-29)19-13-9-17(2)10-14-19/h3-14H,15H2,1-2H3,(H,25,26). The molecule has 0 aliphatic carbocycles. The van der Waals surface area contributed by atoms with Gasteiger partial charge in [-0.05, 0) is 31.5 Å². The molecule has 29 heavy (non-hydrogen) atoms. The molecule has 5 rings (SSSR count). The van der Waals surface area contributed by atoms with Crippen LogP contribution < -0.4 is 5.32 Å². The monoisotopic (exact) mass is 379 g/mol. The van der Waals surface area contributed by atoms with Crippen LogP contribution in [0, 0.1) is 13.8 Å². The van der Waals surface area contributed by atoms with Crippen LogP contribution in [0.15, 0.2) is 72.8 Å². The largest absolute Gasteiger partial charge is 0.365 e. The maximum absolute atomic E-state index is 4.92. The van der Waals surface area contributed by atoms with Crippen LogP contribution in [-0.2, 0) is 6.54 Å². The number of aryl methyl sites for hydroxylation is 2. The van der Waals surface area contributed by atoms with Crippen LogP contribution in [-0.4, -0.2) is 19.8 Å². The Balaban J connectivity index is 1.62. The molecule has 0 bridgehead atoms. The molecule has 0 fully saturated rings. The number of nitrogens with one attached hydrogen (secondary N) is 1. The minimum Gasteiger partial charge on any atom is -0.365 e. The summed E-state index contributed by atoms with van der Waals surface area (Å²) in [6.45, 7) is 4.88. The van der Waals surface area contributed by atoms with Crippen LogP contribution in [0.4, 0.5) is 5.82 Å². The minimum absolute atomic E-state index is 0.703. The van der Waals surface area contributed by atoms with Crippen LogP contribution in [0.5, 0.6) is 0 Å². The van der Waals surface area contributed by atoms with Gasteiger partial charge in [0.25, 0.3) is 0 Å². The smallest absolute Gasteiger partial charge is 0.186 e. The van der Waals surface area contributed by atoms with E-state index in [4.69, 9.17) is 4.98 Å². The van der Waals surface area contributed by atoms with Crippen molar-refractivity contribution in [1.82, 2.24) is 19.8 Å². The fourth-order valence-corrected chi connectivity index (χ4v) is 3.49. The number of rotatable bonds is 4. The van der Waals surface area contributed by atoms with Crippen molar-refractivity contribution in [2.45, 2.75) is 20.4 Å². The minimum atomic E-state index is 0.703. The van der Waals surface area contributed by atoms with E-state index < -0.39 is 0 Å². The lowest BCUT2D eigenvalue weighted by Gasteiger charge is -2.11. The van der Waals surface area contributed by atoms with E-state index in [2.05, 4.69) is 90.1 Å². The lowest BCUT2D eigenvalue weighted by Crippen LogP contribution is -2.05. The molecule has 0 unspecified atom stereocenters. The van der Waals surface area contributed by atoms with E-state index in [1.54, 1.807) is 0 Å². The van der Waals surface area contributed by atoms with Gasteiger partial charge in [0.2, 0.25) is 0 Å². The number of nitrogens with zero attached hydrogens (tertiary/aromatic N) is 4. The Morgan fingerprint density at radius 1 is 0.828 bits per heavy atom. The van der Waals surface area contributed by atoms with Crippen molar-refractivity contribution in [2.75, 3.05) is 5.32 Å². The number of benzene rings is 3. The molecule has 142 valence electrons. The van der Waals surface area contributed by atoms with Gasteiger partial charge >= 0.3 is 0 Å². The number of hydrogen-bond acceptors (Lipinski definition) is 4. The van der Waals surface area contributed by atoms with Crippen LogP contribution >= 0.6 is 0 Å². The highest BCUT2D eigenvalue weighted by atomic mass is 15.4. The highest BCUT2D eigenvalue weighted by molar-refractivity contribution is 5.93. The van der Waals surface area contributed by atoms with Gasteiger partial charge in [-0.1, -0.05) is 77.0 Å². The third-order valence-corrected chi connectivity index (χ3v) is 5.16. The summed E-state index contributed by atoms with van der Waals surface area (Å²) in [6.07, 6.45) is 0. The number of aromatic nitrogens is 4. The zero-order valence-corrected chi connectivity index (χ0v) is 16.4. The molecule has 5 nitrogen and oxygen atoms in total. The van der Waals surface area contributed by atoms with E-state index in [-0.39, 0.29) is 0 Å². The molecule has 0 saturated heterocycles. The van der Waals surface area contributed by atoms with Gasteiger partial charge in [-0.15, -0.1) is 5.10 Å². The predicted octanol–water partition coefficient (Wildman–Crippen LogP) is 5.17. The van der Waals surface area contributed by atoms with E-state index in [1.165, 1.54) is 16.7 Å². The van der Waals surface area contributed by atoms with Crippen molar-refractivity contribution in [3.63, 3.8) is 0 Å². The van der Waals surface area contributed by atoms with Crippen molar-refractivity contribution in [3.8, 4) is 11.3 Å². The zero-order valence-electron chi connectivity index (χ0n) is 16.4. The fraction of sp³-hybridized carbons (Fsp3) is 0.125. The fourth-order valence-electron chi connectivity index (χ4n) is 3.49. The normalized spacial score (nSPS) is 11.2. The average molecular weight is 379 g/mol. The molecule has 5 heteroatoms. The van der Waals surface area contributed by atoms with Crippen LogP contribution in [0.1, 0.15) is 16.7 Å². The van der Waals surface area contributed by atoms with Crippen LogP contribution in [0.25, 0.3) is 27.8 Å². The first-order valence-electron chi connectivity index (χ1n) is 9.70. The molecule has 0 amide bonds. The molecule has 2 heterocycles. The molecular weight excluding hydrogens is 358 g/mol. The molecule has 5 aromatic rings. The second-order valence-corrected chi connectivity index (χ2v) is 7.36. The summed E-state index contributed by atoms with van der Waals surface area (Å²) in [5.74, 6) is 0.837. The van der Waals surface area contributed by atoms with E-state index in [9.17, 15) is 0 Å². The zero-order chi connectivity index (χ0) is 19.8. The van der Waals surface area contributed by atoms with Gasteiger partial charge in [0.05, 0.1) is 5.52 Å². The van der Waals surface area contributed by atoms with Crippen LogP contribution in [0.3, 0.4) is 0 Å². The first-order valence-corrected chi connectivity index (χ1v) is 9.70. The summed E-state index contributed by atoms with van der Waals surface area (Å²) in [7, 11) is 0. The summed E-state index contributed by atoms with van der Waals surface area (Å²) < 4.78 is 1.82. The van der Waals surface area contributed by atoms with E-state index in [0.29, 0.717) is 6.54 Å². The maximum atomic E-state index is 4.92. The molecule has 0 radical (unpaired) electrons. The summed E-state index contributed by atoms with van der Waals surface area (Å²) in [5, 5.41) is 13.4. The summed E-state index contributed by atoms with van der Waals surface area (Å²) in [4.78, 5) is 4.92. The molecular formula is C24H21N5. The Labute approximate surface area is 169 Å². The number of hydrogen-bond donors (Lipinski definition) is 1. The molecule has 0 aliphatic rings. The lowest BCUT2D eigenvalue weighted by molar-refractivity contribution is 0.876. The van der Waals surface area contributed by atoms with E-state index >= 15 is 0 Å². The highest BCUT2D eigenvalue weighted by Gasteiger charge is 2.15. The van der Waals surface area contributed by atoms with E-state index in [0.717, 1.165) is 33.6 Å². The third kappa shape index (κ3) is 3.21. The predicted molar refractivity (Wildman–Crippen MR) is 117 cm³/mol. The second kappa shape index (κ2) is 7.02. The molecule has 0 saturated carbocycles. The Morgan fingerprint density at radius 2 is 1.52 bits per heavy atom. The summed E-state index contributed by atoms with van der Waals surface area (Å²) >= 11 is 0. The molecule has 2 aromatic heterocycles. The first kappa shape index (κ1) is 17.4. The summed E-state index contributed by atoms with van der Waals surface area (Å²) in [5.41, 5.74) is 7.21. The average Bonchev–Trinajstić information content (AvgIpc) is 3.18. The molecule has 0 aliphatic heterocycles. The quantitative estimate of drug-likeness (QED) is 0.468.